The molecule has 6 heteroatoms. The lowest BCUT2D eigenvalue weighted by molar-refractivity contribution is -0.201. The molecule has 0 aliphatic carbocycles. The van der Waals surface area contributed by atoms with E-state index in [0.717, 1.165) is 6.33 Å². The van der Waals surface area contributed by atoms with Gasteiger partial charge in [0.1, 0.15) is 11.8 Å². The minimum Gasteiger partial charge on any atom is -0.241 e. The zero-order chi connectivity index (χ0) is 10.3. The molecule has 0 atom stereocenters. The first-order valence-corrected chi connectivity index (χ1v) is 4.07. The van der Waals surface area contributed by atoms with Crippen LogP contribution in [0.2, 0.25) is 5.02 Å². The van der Waals surface area contributed by atoms with Gasteiger partial charge in [-0.25, -0.2) is 9.55 Å². The van der Waals surface area contributed by atoms with Gasteiger partial charge in [-0.1, -0.05) is 17.7 Å². The van der Waals surface area contributed by atoms with Crippen LogP contribution in [0.25, 0.3) is 11.0 Å². The van der Waals surface area contributed by atoms with Crippen molar-refractivity contribution < 1.29 is 13.2 Å². The summed E-state index contributed by atoms with van der Waals surface area (Å²) in [5.74, 6) is 0. The average molecular weight is 221 g/mol. The monoisotopic (exact) mass is 220 g/mol. The van der Waals surface area contributed by atoms with Gasteiger partial charge in [0, 0.05) is 0 Å². The van der Waals surface area contributed by atoms with Crippen molar-refractivity contribution in [1.29, 1.82) is 0 Å². The fraction of sp³-hybridized carbons (Fsp3) is 0.125. The van der Waals surface area contributed by atoms with Crippen LogP contribution in [0.15, 0.2) is 24.5 Å². The Kier molecular flexibility index (Phi) is 1.92. The third kappa shape index (κ3) is 1.33. The van der Waals surface area contributed by atoms with Crippen molar-refractivity contribution in [1.82, 2.24) is 9.55 Å². The van der Waals surface area contributed by atoms with Crippen LogP contribution >= 0.6 is 11.6 Å². The standard InChI is InChI=1S/C8H4ClF3N2/c9-5-2-1-3-6-7(5)13-4-14(6)8(10,11)12/h1-4H. The van der Waals surface area contributed by atoms with Gasteiger partial charge in [0.15, 0.2) is 0 Å². The molecule has 2 rings (SSSR count). The molecule has 0 amide bonds. The molecule has 0 bridgehead atoms. The number of hydrogen-bond acceptors (Lipinski definition) is 1. The van der Waals surface area contributed by atoms with E-state index in [-0.39, 0.29) is 20.6 Å². The third-order valence-electron chi connectivity index (χ3n) is 1.80. The number of fused-ring (bicyclic) bond motifs is 1. The molecule has 1 aromatic carbocycles. The van der Waals surface area contributed by atoms with E-state index < -0.39 is 6.30 Å². The van der Waals surface area contributed by atoms with Gasteiger partial charge < -0.3 is 0 Å². The molecular weight excluding hydrogens is 217 g/mol. The quantitative estimate of drug-likeness (QED) is 0.667. The number of rotatable bonds is 0. The Balaban J connectivity index is 2.76. The Morgan fingerprint density at radius 2 is 2.00 bits per heavy atom. The van der Waals surface area contributed by atoms with E-state index in [1.165, 1.54) is 18.2 Å². The number of alkyl halides is 3. The molecule has 14 heavy (non-hydrogen) atoms. The number of nitrogens with zero attached hydrogens (tertiary/aromatic N) is 2. The van der Waals surface area contributed by atoms with Crippen molar-refractivity contribution in [2.75, 3.05) is 0 Å². The van der Waals surface area contributed by atoms with Crippen LogP contribution in [0.5, 0.6) is 0 Å². The summed E-state index contributed by atoms with van der Waals surface area (Å²) in [5.41, 5.74) is 0.122. The molecule has 0 spiro atoms. The highest BCUT2D eigenvalue weighted by Gasteiger charge is 2.32. The maximum absolute atomic E-state index is 12.4. The van der Waals surface area contributed by atoms with Crippen LogP contribution in [0.1, 0.15) is 0 Å². The smallest absolute Gasteiger partial charge is 0.241 e. The average Bonchev–Trinajstić information content (AvgIpc) is 2.47. The van der Waals surface area contributed by atoms with Crippen LogP contribution in [-0.2, 0) is 6.30 Å². The first-order chi connectivity index (χ1) is 6.50. The van der Waals surface area contributed by atoms with Gasteiger partial charge in [0.2, 0.25) is 0 Å². The van der Waals surface area contributed by atoms with Gasteiger partial charge in [-0.3, -0.25) is 0 Å². The number of para-hydroxylation sites is 1. The minimum atomic E-state index is -4.46. The van der Waals surface area contributed by atoms with Crippen LogP contribution in [0.3, 0.4) is 0 Å². The summed E-state index contributed by atoms with van der Waals surface area (Å²) < 4.78 is 37.2. The van der Waals surface area contributed by atoms with Crippen molar-refractivity contribution in [2.45, 2.75) is 6.30 Å². The maximum Gasteiger partial charge on any atom is 0.490 e. The van der Waals surface area contributed by atoms with Crippen molar-refractivity contribution in [3.05, 3.63) is 29.5 Å². The van der Waals surface area contributed by atoms with Gasteiger partial charge in [0.25, 0.3) is 0 Å². The summed E-state index contributed by atoms with van der Waals surface area (Å²) in [7, 11) is 0. The first-order valence-electron chi connectivity index (χ1n) is 3.69. The lowest BCUT2D eigenvalue weighted by atomic mass is 10.3. The Bertz CT molecular complexity index is 475. The second-order valence-electron chi connectivity index (χ2n) is 2.69. The summed E-state index contributed by atoms with van der Waals surface area (Å²) in [5, 5.41) is 0.213. The molecule has 0 radical (unpaired) electrons. The van der Waals surface area contributed by atoms with Crippen LogP contribution in [0.4, 0.5) is 13.2 Å². The summed E-state index contributed by atoms with van der Waals surface area (Å²) in [6.45, 7) is 0. The van der Waals surface area contributed by atoms with E-state index in [2.05, 4.69) is 4.98 Å². The molecule has 2 aromatic rings. The highest BCUT2D eigenvalue weighted by Crippen LogP contribution is 2.29. The van der Waals surface area contributed by atoms with Gasteiger partial charge in [-0.05, 0) is 12.1 Å². The third-order valence-corrected chi connectivity index (χ3v) is 2.11. The van der Waals surface area contributed by atoms with Crippen LogP contribution in [-0.4, -0.2) is 9.55 Å². The van der Waals surface area contributed by atoms with E-state index in [4.69, 9.17) is 11.6 Å². The summed E-state index contributed by atoms with van der Waals surface area (Å²) >= 11 is 5.68. The van der Waals surface area contributed by atoms with Gasteiger partial charge in [-0.15, -0.1) is 13.2 Å². The van der Waals surface area contributed by atoms with Gasteiger partial charge >= 0.3 is 6.30 Å². The molecule has 0 N–H and O–H groups in total. The molecule has 2 nitrogen and oxygen atoms in total. The predicted molar refractivity (Wildman–Crippen MR) is 46.0 cm³/mol. The maximum atomic E-state index is 12.4. The Morgan fingerprint density at radius 3 is 2.64 bits per heavy atom. The highest BCUT2D eigenvalue weighted by atomic mass is 35.5. The summed E-state index contributed by atoms with van der Waals surface area (Å²) in [6, 6.07) is 4.27. The zero-order valence-electron chi connectivity index (χ0n) is 6.72. The molecule has 1 aromatic heterocycles. The van der Waals surface area contributed by atoms with Gasteiger partial charge in [-0.2, -0.15) is 0 Å². The summed E-state index contributed by atoms with van der Waals surface area (Å²) in [4.78, 5) is 3.60. The minimum absolute atomic E-state index is 0.0370. The van der Waals surface area contributed by atoms with Crippen molar-refractivity contribution in [3.63, 3.8) is 0 Å². The number of halogens is 4. The molecule has 0 saturated carbocycles. The molecule has 0 aliphatic rings. The lowest BCUT2D eigenvalue weighted by Crippen LogP contribution is -2.14. The summed E-state index contributed by atoms with van der Waals surface area (Å²) in [6.07, 6.45) is -3.74. The Labute approximate surface area is 81.9 Å². The topological polar surface area (TPSA) is 17.8 Å². The van der Waals surface area contributed by atoms with Gasteiger partial charge in [0.05, 0.1) is 10.5 Å². The Hall–Kier alpha value is -1.23. The van der Waals surface area contributed by atoms with E-state index >= 15 is 0 Å². The second kappa shape index (κ2) is 2.88. The van der Waals surface area contributed by atoms with Crippen LogP contribution < -0.4 is 0 Å². The van der Waals surface area contributed by atoms with Crippen molar-refractivity contribution in [3.8, 4) is 0 Å². The predicted octanol–water partition coefficient (Wildman–Crippen LogP) is 3.17. The molecular formula is C8H4ClF3N2. The first kappa shape index (κ1) is 9.33. The number of benzene rings is 1. The highest BCUT2D eigenvalue weighted by molar-refractivity contribution is 6.34. The molecule has 0 fully saturated rings. The van der Waals surface area contributed by atoms with E-state index in [1.807, 2.05) is 0 Å². The lowest BCUT2D eigenvalue weighted by Gasteiger charge is -2.07. The van der Waals surface area contributed by atoms with E-state index in [1.54, 1.807) is 0 Å². The van der Waals surface area contributed by atoms with E-state index in [0.29, 0.717) is 0 Å². The fourth-order valence-electron chi connectivity index (χ4n) is 1.21. The van der Waals surface area contributed by atoms with Crippen molar-refractivity contribution >= 4 is 22.6 Å². The molecule has 0 saturated heterocycles. The fourth-order valence-corrected chi connectivity index (χ4v) is 1.42. The largest absolute Gasteiger partial charge is 0.490 e. The second-order valence-corrected chi connectivity index (χ2v) is 3.10. The zero-order valence-corrected chi connectivity index (χ0v) is 7.47. The number of imidazole rings is 1. The molecule has 1 heterocycles. The molecule has 0 aliphatic heterocycles. The molecule has 74 valence electrons. The van der Waals surface area contributed by atoms with Crippen LogP contribution in [0, 0.1) is 0 Å². The normalized spacial score (nSPS) is 12.3. The number of aromatic nitrogens is 2. The van der Waals surface area contributed by atoms with E-state index in [9.17, 15) is 13.2 Å². The Morgan fingerprint density at radius 1 is 1.29 bits per heavy atom. The van der Waals surface area contributed by atoms with Crippen molar-refractivity contribution in [2.24, 2.45) is 0 Å². The SMILES string of the molecule is FC(F)(F)n1cnc2c(Cl)cccc21. The number of hydrogen-bond donors (Lipinski definition) is 0. The molecule has 0 unspecified atom stereocenters.